The van der Waals surface area contributed by atoms with E-state index >= 15 is 0 Å². The van der Waals surface area contributed by atoms with Crippen molar-refractivity contribution in [2.24, 2.45) is 7.05 Å². The highest BCUT2D eigenvalue weighted by molar-refractivity contribution is 7.89. The number of aryl methyl sites for hydroxylation is 1. The van der Waals surface area contributed by atoms with Crippen molar-refractivity contribution in [3.63, 3.8) is 0 Å². The van der Waals surface area contributed by atoms with E-state index in [2.05, 4.69) is 9.82 Å². The van der Waals surface area contributed by atoms with E-state index in [0.717, 1.165) is 16.9 Å². The van der Waals surface area contributed by atoms with Gasteiger partial charge in [-0.25, -0.2) is 13.1 Å². The van der Waals surface area contributed by atoms with Crippen molar-refractivity contribution in [1.29, 1.82) is 0 Å². The number of fused-ring (bicyclic) bond motifs is 1. The molecule has 1 aromatic heterocycles. The van der Waals surface area contributed by atoms with Crippen molar-refractivity contribution < 1.29 is 13.2 Å². The highest BCUT2D eigenvalue weighted by atomic mass is 32.2. The zero-order chi connectivity index (χ0) is 18.2. The third-order valence-corrected chi connectivity index (χ3v) is 5.82. The predicted octanol–water partition coefficient (Wildman–Crippen LogP) is 1.24. The summed E-state index contributed by atoms with van der Waals surface area (Å²) in [7, 11) is -1.77. The lowest BCUT2D eigenvalue weighted by Gasteiger charge is -2.20. The number of carbonyl (C=O) groups excluding carboxylic acids is 1. The smallest absolute Gasteiger partial charge is 0.240 e. The first-order chi connectivity index (χ1) is 11.8. The summed E-state index contributed by atoms with van der Waals surface area (Å²) in [5.74, 6) is -0.0321. The molecular formula is C17H22N4O3S. The Morgan fingerprint density at radius 3 is 2.76 bits per heavy atom. The lowest BCUT2D eigenvalue weighted by atomic mass is 10.1. The zero-order valence-electron chi connectivity index (χ0n) is 14.6. The van der Waals surface area contributed by atoms with Crippen molar-refractivity contribution in [3.05, 3.63) is 41.7 Å². The molecule has 0 aliphatic carbocycles. The van der Waals surface area contributed by atoms with E-state index in [0.29, 0.717) is 12.8 Å². The number of rotatable bonds is 5. The van der Waals surface area contributed by atoms with Crippen LogP contribution in [0.5, 0.6) is 0 Å². The summed E-state index contributed by atoms with van der Waals surface area (Å²) in [6.45, 7) is 3.77. The second-order valence-electron chi connectivity index (χ2n) is 6.36. The first-order valence-corrected chi connectivity index (χ1v) is 9.67. The van der Waals surface area contributed by atoms with Gasteiger partial charge in [-0.2, -0.15) is 5.10 Å². The summed E-state index contributed by atoms with van der Waals surface area (Å²) in [6.07, 6.45) is 3.01. The van der Waals surface area contributed by atoms with Crippen LogP contribution < -0.4 is 9.62 Å². The SMILES string of the molecule is CC(=O)N1c2ccc(S(=O)(=O)NCCc3ccn(C)n3)cc2CC1C. The molecule has 1 aliphatic rings. The molecule has 2 aromatic rings. The number of hydrogen-bond donors (Lipinski definition) is 1. The Balaban J connectivity index is 1.73. The van der Waals surface area contributed by atoms with E-state index in [-0.39, 0.29) is 23.4 Å². The molecule has 0 saturated heterocycles. The van der Waals surface area contributed by atoms with Crippen molar-refractivity contribution >= 4 is 21.6 Å². The maximum atomic E-state index is 12.5. The number of amides is 1. The third kappa shape index (κ3) is 3.59. The first kappa shape index (κ1) is 17.6. The number of anilines is 1. The van der Waals surface area contributed by atoms with Crippen LogP contribution in [0.3, 0.4) is 0 Å². The molecule has 0 bridgehead atoms. The quantitative estimate of drug-likeness (QED) is 0.867. The van der Waals surface area contributed by atoms with Crippen molar-refractivity contribution in [2.45, 2.75) is 37.6 Å². The van der Waals surface area contributed by atoms with E-state index in [1.54, 1.807) is 27.8 Å². The number of nitrogens with one attached hydrogen (secondary N) is 1. The van der Waals surface area contributed by atoms with Gasteiger partial charge in [0, 0.05) is 44.9 Å². The van der Waals surface area contributed by atoms with Crippen molar-refractivity contribution in [2.75, 3.05) is 11.4 Å². The van der Waals surface area contributed by atoms with E-state index in [1.807, 2.05) is 26.2 Å². The Kier molecular flexibility index (Phi) is 4.66. The maximum absolute atomic E-state index is 12.5. The topological polar surface area (TPSA) is 84.3 Å². The lowest BCUT2D eigenvalue weighted by molar-refractivity contribution is -0.116. The summed E-state index contributed by atoms with van der Waals surface area (Å²) < 4.78 is 29.3. The van der Waals surface area contributed by atoms with Crippen LogP contribution in [0.4, 0.5) is 5.69 Å². The zero-order valence-corrected chi connectivity index (χ0v) is 15.4. The van der Waals surface area contributed by atoms with Crippen LogP contribution in [0.2, 0.25) is 0 Å². The second-order valence-corrected chi connectivity index (χ2v) is 8.13. The molecule has 1 amide bonds. The predicted molar refractivity (Wildman–Crippen MR) is 94.9 cm³/mol. The van der Waals surface area contributed by atoms with E-state index < -0.39 is 10.0 Å². The summed E-state index contributed by atoms with van der Waals surface area (Å²) in [4.78, 5) is 13.7. The van der Waals surface area contributed by atoms with Gasteiger partial charge in [-0.05, 0) is 43.2 Å². The largest absolute Gasteiger partial charge is 0.309 e. The lowest BCUT2D eigenvalue weighted by Crippen LogP contribution is -2.33. The fourth-order valence-electron chi connectivity index (χ4n) is 3.25. The molecule has 0 fully saturated rings. The Bertz CT molecular complexity index is 904. The Morgan fingerprint density at radius 1 is 1.36 bits per heavy atom. The van der Waals surface area contributed by atoms with Crippen molar-refractivity contribution in [1.82, 2.24) is 14.5 Å². The molecule has 1 unspecified atom stereocenters. The first-order valence-electron chi connectivity index (χ1n) is 8.19. The minimum absolute atomic E-state index is 0.0321. The Hall–Kier alpha value is -2.19. The molecule has 1 atom stereocenters. The fraction of sp³-hybridized carbons (Fsp3) is 0.412. The van der Waals surface area contributed by atoms with Crippen LogP contribution in [0.1, 0.15) is 25.1 Å². The molecule has 1 aliphatic heterocycles. The monoisotopic (exact) mass is 362 g/mol. The Labute approximate surface area is 147 Å². The molecule has 3 rings (SSSR count). The van der Waals surface area contributed by atoms with Gasteiger partial charge < -0.3 is 4.90 Å². The molecule has 1 aromatic carbocycles. The molecule has 134 valence electrons. The van der Waals surface area contributed by atoms with Gasteiger partial charge in [0.05, 0.1) is 10.6 Å². The van der Waals surface area contributed by atoms with Crippen LogP contribution >= 0.6 is 0 Å². The minimum atomic E-state index is -3.59. The normalized spacial score (nSPS) is 16.9. The van der Waals surface area contributed by atoms with Gasteiger partial charge in [0.2, 0.25) is 15.9 Å². The number of nitrogens with zero attached hydrogens (tertiary/aromatic N) is 3. The fourth-order valence-corrected chi connectivity index (χ4v) is 4.33. The number of aromatic nitrogens is 2. The molecule has 25 heavy (non-hydrogen) atoms. The van der Waals surface area contributed by atoms with E-state index in [1.165, 1.54) is 6.92 Å². The van der Waals surface area contributed by atoms with Gasteiger partial charge in [-0.1, -0.05) is 0 Å². The van der Waals surface area contributed by atoms with Crippen LogP contribution in [0.15, 0.2) is 35.4 Å². The van der Waals surface area contributed by atoms with E-state index in [4.69, 9.17) is 0 Å². The molecule has 0 spiro atoms. The number of hydrogen-bond acceptors (Lipinski definition) is 4. The van der Waals surface area contributed by atoms with Crippen LogP contribution in [-0.2, 0) is 34.7 Å². The highest BCUT2D eigenvalue weighted by Crippen LogP contribution is 2.33. The molecule has 1 N–H and O–H groups in total. The van der Waals surface area contributed by atoms with Crippen LogP contribution in [0.25, 0.3) is 0 Å². The van der Waals surface area contributed by atoms with Crippen molar-refractivity contribution in [3.8, 4) is 0 Å². The average molecular weight is 362 g/mol. The number of benzene rings is 1. The summed E-state index contributed by atoms with van der Waals surface area (Å²) in [5.41, 5.74) is 2.52. The van der Waals surface area contributed by atoms with E-state index in [9.17, 15) is 13.2 Å². The molecule has 0 radical (unpaired) electrons. The summed E-state index contributed by atoms with van der Waals surface area (Å²) in [6, 6.07) is 6.84. The highest BCUT2D eigenvalue weighted by Gasteiger charge is 2.30. The molecular weight excluding hydrogens is 340 g/mol. The number of carbonyl (C=O) groups is 1. The molecule has 7 nitrogen and oxygen atoms in total. The summed E-state index contributed by atoms with van der Waals surface area (Å²) >= 11 is 0. The van der Waals surface area contributed by atoms with Gasteiger partial charge in [0.1, 0.15) is 0 Å². The molecule has 0 saturated carbocycles. The molecule has 8 heteroatoms. The second kappa shape index (κ2) is 6.61. The van der Waals surface area contributed by atoms with Gasteiger partial charge in [0.25, 0.3) is 0 Å². The average Bonchev–Trinajstić information content (AvgIpc) is 3.08. The summed E-state index contributed by atoms with van der Waals surface area (Å²) in [5, 5.41) is 4.23. The van der Waals surface area contributed by atoms with Gasteiger partial charge >= 0.3 is 0 Å². The van der Waals surface area contributed by atoms with Gasteiger partial charge in [0.15, 0.2) is 0 Å². The Morgan fingerprint density at radius 2 is 2.12 bits per heavy atom. The third-order valence-electron chi connectivity index (χ3n) is 4.36. The van der Waals surface area contributed by atoms with Gasteiger partial charge in [-0.3, -0.25) is 9.48 Å². The minimum Gasteiger partial charge on any atom is -0.309 e. The van der Waals surface area contributed by atoms with Crippen LogP contribution in [0, 0.1) is 0 Å². The van der Waals surface area contributed by atoms with Crippen LogP contribution in [-0.4, -0.2) is 36.7 Å². The number of sulfonamides is 1. The molecule has 2 heterocycles. The maximum Gasteiger partial charge on any atom is 0.240 e. The van der Waals surface area contributed by atoms with Gasteiger partial charge in [-0.15, -0.1) is 0 Å². The standard InChI is InChI=1S/C17H22N4O3S/c1-12-10-14-11-16(4-5-17(14)21(12)13(2)22)25(23,24)18-8-6-15-7-9-20(3)19-15/h4-5,7,9,11-12,18H,6,8,10H2,1-3H3.